The van der Waals surface area contributed by atoms with E-state index in [1.54, 1.807) is 6.20 Å². The Labute approximate surface area is 169 Å². The molecule has 1 aromatic carbocycles. The first-order chi connectivity index (χ1) is 12.5. The van der Waals surface area contributed by atoms with Gasteiger partial charge in [-0.2, -0.15) is 0 Å². The Morgan fingerprint density at radius 3 is 1.78 bits per heavy atom. The molecule has 0 bridgehead atoms. The first kappa shape index (κ1) is 29.7. The van der Waals surface area contributed by atoms with Gasteiger partial charge in [0.2, 0.25) is 0 Å². The maximum atomic E-state index is 12.9. The molecule has 0 atom stereocenters. The van der Waals surface area contributed by atoms with Crippen molar-refractivity contribution in [2.24, 2.45) is 0 Å². The summed E-state index contributed by atoms with van der Waals surface area (Å²) in [6, 6.07) is 3.80. The van der Waals surface area contributed by atoms with Crippen molar-refractivity contribution in [2.75, 3.05) is 0 Å². The molecular formula is C23H35F2NS. The highest BCUT2D eigenvalue weighted by molar-refractivity contribution is 8.11. The van der Waals surface area contributed by atoms with Crippen LogP contribution < -0.4 is 5.32 Å². The lowest BCUT2D eigenvalue weighted by atomic mass is 10.2. The quantitative estimate of drug-likeness (QED) is 0.502. The summed E-state index contributed by atoms with van der Waals surface area (Å²) in [7, 11) is 0. The summed E-state index contributed by atoms with van der Waals surface area (Å²) in [5.41, 5.74) is 2.70. The third-order valence-corrected chi connectivity index (χ3v) is 3.32. The molecule has 1 aromatic rings. The highest BCUT2D eigenvalue weighted by Crippen LogP contribution is 2.31. The number of thioether (sulfide) groups is 1. The zero-order chi connectivity index (χ0) is 22.0. The summed E-state index contributed by atoms with van der Waals surface area (Å²) in [5, 5.41) is 2.78. The van der Waals surface area contributed by atoms with E-state index in [4.69, 9.17) is 0 Å². The van der Waals surface area contributed by atoms with Crippen LogP contribution in [-0.4, -0.2) is 0 Å². The number of nitrogens with one attached hydrogen (secondary N) is 1. The Morgan fingerprint density at radius 2 is 1.48 bits per heavy atom. The highest BCUT2D eigenvalue weighted by Gasteiger charge is 2.05. The average molecular weight is 396 g/mol. The molecule has 0 saturated carbocycles. The topological polar surface area (TPSA) is 12.0 Å². The number of hydrogen-bond donors (Lipinski definition) is 1. The first-order valence-corrected chi connectivity index (χ1v) is 9.46. The maximum absolute atomic E-state index is 12.9. The molecule has 1 N–H and O–H groups in total. The Morgan fingerprint density at radius 1 is 1.00 bits per heavy atom. The molecule has 1 rings (SSSR count). The molecule has 1 nitrogen and oxygen atoms in total. The molecule has 0 aliphatic heterocycles. The van der Waals surface area contributed by atoms with Crippen molar-refractivity contribution in [1.29, 1.82) is 0 Å². The van der Waals surface area contributed by atoms with Crippen molar-refractivity contribution < 1.29 is 8.78 Å². The Hall–Kier alpha value is -2.07. The van der Waals surface area contributed by atoms with Gasteiger partial charge < -0.3 is 5.32 Å². The van der Waals surface area contributed by atoms with E-state index in [1.807, 2.05) is 54.5 Å². The largest absolute Gasteiger partial charge is 0.366 e. The lowest BCUT2D eigenvalue weighted by molar-refractivity contribution is 0.508. The fourth-order valence-electron chi connectivity index (χ4n) is 1.16. The van der Waals surface area contributed by atoms with Crippen LogP contribution in [0.4, 0.5) is 8.78 Å². The number of hydrogen-bond acceptors (Lipinski definition) is 2. The molecular weight excluding hydrogens is 360 g/mol. The molecule has 0 amide bonds. The smallest absolute Gasteiger partial charge is 0.159 e. The fraction of sp³-hybridized carbons (Fsp3) is 0.304. The van der Waals surface area contributed by atoms with Crippen LogP contribution in [0.15, 0.2) is 73.0 Å². The molecule has 27 heavy (non-hydrogen) atoms. The van der Waals surface area contributed by atoms with Gasteiger partial charge in [-0.15, -0.1) is 6.58 Å². The van der Waals surface area contributed by atoms with E-state index >= 15 is 0 Å². The second kappa shape index (κ2) is 18.7. The summed E-state index contributed by atoms with van der Waals surface area (Å²) in [6.45, 7) is 28.0. The van der Waals surface area contributed by atoms with Crippen LogP contribution in [0.1, 0.15) is 54.0 Å². The van der Waals surface area contributed by atoms with Gasteiger partial charge in [0.25, 0.3) is 0 Å². The SMILES string of the molecule is C=C(C)C.C=C(S/C(C)=C\C)c1ccc(F)c(F)c1.C=CNC(=C)C.CC. The Kier molecular flexibility index (Phi) is 20.6. The normalized spacial score (nSPS) is 9.15. The number of halogens is 2. The van der Waals surface area contributed by atoms with Crippen molar-refractivity contribution in [3.8, 4) is 0 Å². The standard InChI is InChI=1S/C12H12F2S.C5H9N.C4H8.C2H6/c1-4-8(2)15-9(3)10-5-6-11(13)12(14)7-10;1-4-6-5(2)3;1-4(2)3;1-2/h4-7H,3H2,1-2H3;4,6H,1-2H2,3H3;1H2,2-3H3;1-2H3/b8-4-;;;. The van der Waals surface area contributed by atoms with Gasteiger partial charge in [-0.05, 0) is 63.4 Å². The van der Waals surface area contributed by atoms with Crippen LogP contribution in [-0.2, 0) is 0 Å². The molecule has 0 aromatic heterocycles. The van der Waals surface area contributed by atoms with Gasteiger partial charge in [0.1, 0.15) is 0 Å². The second-order valence-electron chi connectivity index (χ2n) is 5.39. The van der Waals surface area contributed by atoms with Crippen LogP contribution in [0.3, 0.4) is 0 Å². The molecule has 0 radical (unpaired) electrons. The summed E-state index contributed by atoms with van der Waals surface area (Å²) in [4.78, 5) is 1.79. The number of rotatable bonds is 5. The molecule has 152 valence electrons. The van der Waals surface area contributed by atoms with E-state index in [2.05, 4.69) is 31.6 Å². The van der Waals surface area contributed by atoms with Crippen molar-refractivity contribution in [2.45, 2.75) is 48.5 Å². The lowest BCUT2D eigenvalue weighted by Crippen LogP contribution is -1.96. The third kappa shape index (κ3) is 20.1. The number of benzene rings is 1. The molecule has 0 heterocycles. The van der Waals surface area contributed by atoms with Crippen LogP contribution in [0.2, 0.25) is 0 Å². The summed E-state index contributed by atoms with van der Waals surface area (Å²) in [6.07, 6.45) is 3.54. The predicted octanol–water partition coefficient (Wildman–Crippen LogP) is 8.45. The van der Waals surface area contributed by atoms with E-state index in [-0.39, 0.29) is 0 Å². The monoisotopic (exact) mass is 395 g/mol. The van der Waals surface area contributed by atoms with Crippen LogP contribution in [0.25, 0.3) is 4.91 Å². The minimum atomic E-state index is -0.840. The number of allylic oxidation sites excluding steroid dienone is 4. The van der Waals surface area contributed by atoms with E-state index in [0.29, 0.717) is 10.5 Å². The van der Waals surface area contributed by atoms with Gasteiger partial charge in [-0.1, -0.05) is 63.1 Å². The highest BCUT2D eigenvalue weighted by atomic mass is 32.2. The maximum Gasteiger partial charge on any atom is 0.159 e. The van der Waals surface area contributed by atoms with E-state index in [1.165, 1.54) is 23.4 Å². The third-order valence-electron chi connectivity index (χ3n) is 2.28. The molecule has 0 spiro atoms. The van der Waals surface area contributed by atoms with Crippen molar-refractivity contribution in [1.82, 2.24) is 5.32 Å². The molecule has 0 aliphatic carbocycles. The first-order valence-electron chi connectivity index (χ1n) is 8.65. The molecule has 0 unspecified atom stereocenters. The van der Waals surface area contributed by atoms with Crippen LogP contribution in [0, 0.1) is 11.6 Å². The van der Waals surface area contributed by atoms with Gasteiger partial charge in [0.05, 0.1) is 0 Å². The summed E-state index contributed by atoms with van der Waals surface area (Å²) < 4.78 is 25.6. The van der Waals surface area contributed by atoms with Gasteiger partial charge in [0, 0.05) is 10.6 Å². The molecule has 4 heteroatoms. The van der Waals surface area contributed by atoms with Crippen molar-refractivity contribution >= 4 is 16.7 Å². The molecule has 0 aliphatic rings. The Bertz CT molecular complexity index is 627. The van der Waals surface area contributed by atoms with Crippen molar-refractivity contribution in [3.63, 3.8) is 0 Å². The van der Waals surface area contributed by atoms with Crippen LogP contribution in [0.5, 0.6) is 0 Å². The van der Waals surface area contributed by atoms with E-state index in [9.17, 15) is 8.78 Å². The summed E-state index contributed by atoms with van der Waals surface area (Å²) in [5.74, 6) is -1.67. The van der Waals surface area contributed by atoms with E-state index < -0.39 is 11.6 Å². The zero-order valence-corrected chi connectivity index (χ0v) is 18.7. The zero-order valence-electron chi connectivity index (χ0n) is 17.9. The fourth-order valence-corrected chi connectivity index (χ4v) is 1.91. The van der Waals surface area contributed by atoms with E-state index in [0.717, 1.165) is 22.7 Å². The minimum Gasteiger partial charge on any atom is -0.366 e. The molecule has 0 saturated heterocycles. The van der Waals surface area contributed by atoms with Crippen LogP contribution >= 0.6 is 11.8 Å². The second-order valence-corrected chi connectivity index (χ2v) is 6.73. The minimum absolute atomic E-state index is 0.611. The van der Waals surface area contributed by atoms with Gasteiger partial charge >= 0.3 is 0 Å². The lowest BCUT2D eigenvalue weighted by Gasteiger charge is -2.05. The van der Waals surface area contributed by atoms with Crippen molar-refractivity contribution in [3.05, 3.63) is 90.2 Å². The predicted molar refractivity (Wildman–Crippen MR) is 122 cm³/mol. The Balaban J connectivity index is -0.000000398. The van der Waals surface area contributed by atoms with Gasteiger partial charge in [-0.25, -0.2) is 8.78 Å². The van der Waals surface area contributed by atoms with Gasteiger partial charge in [0.15, 0.2) is 11.6 Å². The molecule has 0 fully saturated rings. The average Bonchev–Trinajstić information content (AvgIpc) is 2.58. The van der Waals surface area contributed by atoms with Gasteiger partial charge in [-0.3, -0.25) is 0 Å². The summed E-state index contributed by atoms with van der Waals surface area (Å²) >= 11 is 1.44.